The van der Waals surface area contributed by atoms with E-state index in [0.717, 1.165) is 17.1 Å². The van der Waals surface area contributed by atoms with Crippen LogP contribution in [0.4, 0.5) is 5.82 Å². The highest BCUT2D eigenvalue weighted by Crippen LogP contribution is 2.26. The van der Waals surface area contributed by atoms with Crippen molar-refractivity contribution in [1.29, 1.82) is 0 Å². The Morgan fingerprint density at radius 1 is 1.17 bits per heavy atom. The van der Waals surface area contributed by atoms with Crippen LogP contribution in [0.25, 0.3) is 5.78 Å². The normalized spacial score (nSPS) is 15.1. The number of hydrogen-bond acceptors (Lipinski definition) is 7. The number of ether oxygens (including phenoxy) is 1. The van der Waals surface area contributed by atoms with Gasteiger partial charge < -0.3 is 14.5 Å². The molecule has 29 heavy (non-hydrogen) atoms. The first kappa shape index (κ1) is 21.0. The smallest absolute Gasteiger partial charge is 0.310 e. The lowest BCUT2D eigenvalue weighted by atomic mass is 9.91. The van der Waals surface area contributed by atoms with Crippen molar-refractivity contribution in [3.05, 3.63) is 17.6 Å². The maximum atomic E-state index is 12.6. The molecule has 1 aliphatic heterocycles. The van der Waals surface area contributed by atoms with E-state index in [0.29, 0.717) is 45.0 Å². The average Bonchev–Trinajstić information content (AvgIpc) is 3.09. The molecule has 0 saturated carbocycles. The largest absolute Gasteiger partial charge is 0.466 e. The van der Waals surface area contributed by atoms with Gasteiger partial charge in [-0.25, -0.2) is 4.98 Å². The molecule has 9 nitrogen and oxygen atoms in total. The second-order valence-corrected chi connectivity index (χ2v) is 8.56. The summed E-state index contributed by atoms with van der Waals surface area (Å²) < 4.78 is 6.82. The average molecular weight is 402 g/mol. The lowest BCUT2D eigenvalue weighted by Gasteiger charge is -2.37. The van der Waals surface area contributed by atoms with Gasteiger partial charge in [0, 0.05) is 43.9 Å². The fourth-order valence-electron chi connectivity index (χ4n) is 3.59. The predicted molar refractivity (Wildman–Crippen MR) is 109 cm³/mol. The summed E-state index contributed by atoms with van der Waals surface area (Å²) >= 11 is 0. The highest BCUT2D eigenvalue weighted by atomic mass is 16.5. The Morgan fingerprint density at radius 2 is 1.86 bits per heavy atom. The van der Waals surface area contributed by atoms with E-state index in [1.54, 1.807) is 11.4 Å². The van der Waals surface area contributed by atoms with Gasteiger partial charge in [0.1, 0.15) is 12.1 Å². The van der Waals surface area contributed by atoms with Gasteiger partial charge in [-0.15, -0.1) is 0 Å². The molecule has 3 rings (SSSR count). The molecule has 9 heteroatoms. The Balaban J connectivity index is 1.85. The zero-order valence-electron chi connectivity index (χ0n) is 17.9. The molecular formula is C20H30N6O3. The Labute approximate surface area is 171 Å². The maximum Gasteiger partial charge on any atom is 0.310 e. The first-order valence-corrected chi connectivity index (χ1v) is 10.1. The minimum atomic E-state index is -0.294. The third-order valence-electron chi connectivity index (χ3n) is 4.94. The van der Waals surface area contributed by atoms with Crippen molar-refractivity contribution >= 4 is 23.5 Å². The topological polar surface area (TPSA) is 92.9 Å². The van der Waals surface area contributed by atoms with E-state index < -0.39 is 0 Å². The van der Waals surface area contributed by atoms with Crippen molar-refractivity contribution in [3.63, 3.8) is 0 Å². The molecule has 0 radical (unpaired) electrons. The van der Waals surface area contributed by atoms with Gasteiger partial charge in [-0.2, -0.15) is 14.6 Å². The first-order chi connectivity index (χ1) is 13.7. The van der Waals surface area contributed by atoms with E-state index in [1.807, 2.05) is 11.8 Å². The van der Waals surface area contributed by atoms with Crippen molar-refractivity contribution in [3.8, 4) is 0 Å². The van der Waals surface area contributed by atoms with Crippen LogP contribution in [-0.4, -0.2) is 69.1 Å². The van der Waals surface area contributed by atoms with Crippen molar-refractivity contribution < 1.29 is 14.3 Å². The van der Waals surface area contributed by atoms with Gasteiger partial charge in [-0.05, 0) is 19.3 Å². The monoisotopic (exact) mass is 402 g/mol. The van der Waals surface area contributed by atoms with Crippen LogP contribution >= 0.6 is 0 Å². The highest BCUT2D eigenvalue weighted by molar-refractivity contribution is 5.78. The van der Waals surface area contributed by atoms with Crippen molar-refractivity contribution in [2.75, 3.05) is 37.7 Å². The van der Waals surface area contributed by atoms with Crippen molar-refractivity contribution in [2.24, 2.45) is 5.41 Å². The van der Waals surface area contributed by atoms with Gasteiger partial charge in [0.25, 0.3) is 5.78 Å². The third kappa shape index (κ3) is 4.83. The van der Waals surface area contributed by atoms with Crippen LogP contribution in [0.15, 0.2) is 6.33 Å². The number of anilines is 1. The van der Waals surface area contributed by atoms with E-state index in [1.165, 1.54) is 6.33 Å². The number of hydrogen-bond donors (Lipinski definition) is 0. The number of carbonyl (C=O) groups excluding carboxylic acids is 2. The molecule has 0 aliphatic carbocycles. The van der Waals surface area contributed by atoms with Crippen LogP contribution in [0.3, 0.4) is 0 Å². The zero-order valence-corrected chi connectivity index (χ0v) is 17.9. The van der Waals surface area contributed by atoms with Gasteiger partial charge >= 0.3 is 5.97 Å². The Kier molecular flexibility index (Phi) is 6.04. The minimum absolute atomic E-state index is 0.0316. The molecule has 0 unspecified atom stereocenters. The SMILES string of the molecule is CCOC(=O)Cc1c(C)nc2ncnn2c1N1CCN(C(=O)CC(C)(C)C)CC1. The molecule has 0 spiro atoms. The lowest BCUT2D eigenvalue weighted by molar-refractivity contribution is -0.142. The number of fused-ring (bicyclic) bond motifs is 1. The van der Waals surface area contributed by atoms with E-state index in [4.69, 9.17) is 4.74 Å². The number of aryl methyl sites for hydroxylation is 1. The summed E-state index contributed by atoms with van der Waals surface area (Å²) in [5.74, 6) is 1.19. The molecular weight excluding hydrogens is 372 g/mol. The van der Waals surface area contributed by atoms with Crippen molar-refractivity contribution in [2.45, 2.75) is 47.5 Å². The summed E-state index contributed by atoms with van der Waals surface area (Å²) in [6.45, 7) is 12.8. The number of carbonyl (C=O) groups is 2. The maximum absolute atomic E-state index is 12.6. The van der Waals surface area contributed by atoms with Crippen LogP contribution in [0.5, 0.6) is 0 Å². The molecule has 0 aromatic carbocycles. The van der Waals surface area contributed by atoms with Crippen LogP contribution < -0.4 is 4.90 Å². The summed E-state index contributed by atoms with van der Waals surface area (Å²) in [6.07, 6.45) is 2.12. The first-order valence-electron chi connectivity index (χ1n) is 10.1. The molecule has 158 valence electrons. The molecule has 2 aromatic rings. The van der Waals surface area contributed by atoms with Gasteiger partial charge in [0.2, 0.25) is 5.91 Å². The number of aromatic nitrogens is 4. The van der Waals surface area contributed by atoms with E-state index >= 15 is 0 Å². The Morgan fingerprint density at radius 3 is 2.48 bits per heavy atom. The molecule has 0 N–H and O–H groups in total. The standard InChI is InChI=1S/C20H30N6O3/c1-6-29-17(28)11-15-14(2)23-19-21-13-22-26(19)18(15)25-9-7-24(8-10-25)16(27)12-20(3,4)5/h13H,6-12H2,1-5H3. The highest BCUT2D eigenvalue weighted by Gasteiger charge is 2.28. The minimum Gasteiger partial charge on any atom is -0.466 e. The summed E-state index contributed by atoms with van der Waals surface area (Å²) in [6, 6.07) is 0. The molecule has 2 aromatic heterocycles. The predicted octanol–water partition coefficient (Wildman–Crippen LogP) is 1.62. The summed E-state index contributed by atoms with van der Waals surface area (Å²) in [4.78, 5) is 37.5. The van der Waals surface area contributed by atoms with Gasteiger partial charge in [0.15, 0.2) is 0 Å². The second-order valence-electron chi connectivity index (χ2n) is 8.56. The van der Waals surface area contributed by atoms with E-state index in [-0.39, 0.29) is 23.7 Å². The van der Waals surface area contributed by atoms with Crippen molar-refractivity contribution in [1.82, 2.24) is 24.5 Å². The molecule has 1 aliphatic rings. The Bertz CT molecular complexity index is 893. The number of nitrogens with zero attached hydrogens (tertiary/aromatic N) is 6. The Hall–Kier alpha value is -2.71. The summed E-state index contributed by atoms with van der Waals surface area (Å²) in [7, 11) is 0. The molecule has 1 amide bonds. The van der Waals surface area contributed by atoms with Crippen LogP contribution in [0.2, 0.25) is 0 Å². The number of esters is 1. The summed E-state index contributed by atoms with van der Waals surface area (Å²) in [5.41, 5.74) is 1.49. The molecule has 3 heterocycles. The zero-order chi connectivity index (χ0) is 21.2. The molecule has 0 atom stereocenters. The van der Waals surface area contributed by atoms with Gasteiger partial charge in [0.05, 0.1) is 13.0 Å². The van der Waals surface area contributed by atoms with Crippen LogP contribution in [-0.2, 0) is 20.7 Å². The fraction of sp³-hybridized carbons (Fsp3) is 0.650. The number of rotatable bonds is 5. The van der Waals surface area contributed by atoms with Crippen LogP contribution in [0, 0.1) is 12.3 Å². The van der Waals surface area contributed by atoms with Gasteiger partial charge in [-0.1, -0.05) is 20.8 Å². The lowest BCUT2D eigenvalue weighted by Crippen LogP contribution is -2.50. The third-order valence-corrected chi connectivity index (χ3v) is 4.94. The van der Waals surface area contributed by atoms with Crippen LogP contribution in [0.1, 0.15) is 45.4 Å². The summed E-state index contributed by atoms with van der Waals surface area (Å²) in [5, 5.41) is 4.32. The van der Waals surface area contributed by atoms with E-state index in [9.17, 15) is 9.59 Å². The number of amides is 1. The molecule has 0 bridgehead atoms. The number of piperazine rings is 1. The second kappa shape index (κ2) is 8.34. The van der Waals surface area contributed by atoms with E-state index in [2.05, 4.69) is 40.7 Å². The fourth-order valence-corrected chi connectivity index (χ4v) is 3.59. The molecule has 1 saturated heterocycles. The quantitative estimate of drug-likeness (QED) is 0.702. The van der Waals surface area contributed by atoms with Gasteiger partial charge in [-0.3, -0.25) is 9.59 Å². The molecule has 1 fully saturated rings.